The molecule has 3 aromatic rings. The molecule has 0 radical (unpaired) electrons. The summed E-state index contributed by atoms with van der Waals surface area (Å²) >= 11 is 6.21. The van der Waals surface area contributed by atoms with Crippen LogP contribution >= 0.6 is 11.6 Å². The van der Waals surface area contributed by atoms with Gasteiger partial charge in [-0.15, -0.1) is 0 Å². The van der Waals surface area contributed by atoms with Crippen LogP contribution in [0.3, 0.4) is 0 Å². The number of nitrogens with zero attached hydrogens (tertiary/aromatic N) is 3. The Morgan fingerprint density at radius 2 is 1.53 bits per heavy atom. The molecule has 3 aromatic carbocycles. The highest BCUT2D eigenvalue weighted by Crippen LogP contribution is 2.35. The van der Waals surface area contributed by atoms with Gasteiger partial charge in [0, 0.05) is 18.6 Å². The summed E-state index contributed by atoms with van der Waals surface area (Å²) in [6, 6.07) is 16.8. The van der Waals surface area contributed by atoms with Gasteiger partial charge in [0.25, 0.3) is 11.8 Å². The maximum Gasteiger partial charge on any atom is 0.260 e. The molecular weight excluding hydrogens is 398 g/mol. The Kier molecular flexibility index (Phi) is 5.50. The number of carbonyl (C=O) groups is 2. The van der Waals surface area contributed by atoms with E-state index in [0.717, 1.165) is 23.7 Å². The van der Waals surface area contributed by atoms with Crippen LogP contribution in [0.25, 0.3) is 10.8 Å². The van der Waals surface area contributed by atoms with Crippen LogP contribution in [0.15, 0.2) is 54.6 Å². The van der Waals surface area contributed by atoms with Gasteiger partial charge in [-0.2, -0.15) is 0 Å². The molecule has 0 saturated carbocycles. The number of benzene rings is 3. The highest BCUT2D eigenvalue weighted by Gasteiger charge is 2.31. The minimum Gasteiger partial charge on any atom is -0.311 e. The van der Waals surface area contributed by atoms with E-state index >= 15 is 0 Å². The molecule has 0 fully saturated rings. The van der Waals surface area contributed by atoms with Crippen molar-refractivity contribution in [1.82, 2.24) is 4.90 Å². The average Bonchev–Trinajstić information content (AvgIpc) is 2.73. The Balaban J connectivity index is 1.92. The van der Waals surface area contributed by atoms with E-state index in [1.54, 1.807) is 30.1 Å². The summed E-state index contributed by atoms with van der Waals surface area (Å²) in [5.74, 6) is -0.299. The minimum absolute atomic E-state index is 0.149. The van der Waals surface area contributed by atoms with Gasteiger partial charge in [0.2, 0.25) is 0 Å². The number of carbonyl (C=O) groups excluding carboxylic acids is 2. The van der Waals surface area contributed by atoms with Gasteiger partial charge in [0.15, 0.2) is 0 Å². The van der Waals surface area contributed by atoms with Crippen LogP contribution in [-0.2, 0) is 0 Å². The largest absolute Gasteiger partial charge is 0.311 e. The first-order valence-corrected chi connectivity index (χ1v) is 10.3. The van der Waals surface area contributed by atoms with Gasteiger partial charge in [-0.1, -0.05) is 35.9 Å². The molecule has 154 valence electrons. The lowest BCUT2D eigenvalue weighted by atomic mass is 9.99. The molecule has 1 aliphatic rings. The average molecular weight is 422 g/mol. The molecule has 4 rings (SSSR count). The highest BCUT2D eigenvalue weighted by atomic mass is 35.5. The van der Waals surface area contributed by atoms with Gasteiger partial charge < -0.3 is 14.7 Å². The third-order valence-electron chi connectivity index (χ3n) is 5.47. The Hall–Kier alpha value is -2.89. The maximum atomic E-state index is 13.7. The fourth-order valence-corrected chi connectivity index (χ4v) is 4.08. The van der Waals surface area contributed by atoms with Crippen LogP contribution < -0.4 is 9.80 Å². The van der Waals surface area contributed by atoms with E-state index in [4.69, 9.17) is 11.6 Å². The number of hydrogen-bond donors (Lipinski definition) is 0. The van der Waals surface area contributed by atoms with Gasteiger partial charge in [0.1, 0.15) is 0 Å². The Morgan fingerprint density at radius 1 is 0.867 bits per heavy atom. The van der Waals surface area contributed by atoms with Crippen LogP contribution in [-0.4, -0.2) is 50.9 Å². The van der Waals surface area contributed by atoms with Crippen molar-refractivity contribution in [2.75, 3.05) is 44.0 Å². The monoisotopic (exact) mass is 421 g/mol. The molecule has 0 bridgehead atoms. The number of amides is 2. The lowest BCUT2D eigenvalue weighted by Crippen LogP contribution is -2.40. The van der Waals surface area contributed by atoms with E-state index in [-0.39, 0.29) is 11.8 Å². The predicted molar refractivity (Wildman–Crippen MR) is 123 cm³/mol. The van der Waals surface area contributed by atoms with E-state index < -0.39 is 0 Å². The zero-order valence-electron chi connectivity index (χ0n) is 17.4. The first-order chi connectivity index (χ1) is 14.4. The first-order valence-electron chi connectivity index (χ1n) is 9.94. The van der Waals surface area contributed by atoms with Crippen molar-refractivity contribution in [3.8, 4) is 0 Å². The summed E-state index contributed by atoms with van der Waals surface area (Å²) in [5.41, 5.74) is 2.16. The number of rotatable bonds is 4. The molecule has 6 heteroatoms. The zero-order chi connectivity index (χ0) is 21.4. The summed E-state index contributed by atoms with van der Waals surface area (Å²) < 4.78 is 0. The molecule has 0 aliphatic carbocycles. The molecule has 0 atom stereocenters. The van der Waals surface area contributed by atoms with E-state index in [1.807, 2.05) is 50.5 Å². The minimum atomic E-state index is -0.151. The van der Waals surface area contributed by atoms with E-state index in [0.29, 0.717) is 34.1 Å². The standard InChI is InChI=1S/C24H24ClN3O2/c1-26(2)11-6-12-28-22-14-17-8-5-4-7-16(17)13-19(22)23(29)27(3)21-10-9-18(25)15-20(21)24(28)30/h4-5,7-10,13-15H,6,11-12H2,1-3H3. The quantitative estimate of drug-likeness (QED) is 0.614. The molecule has 0 spiro atoms. The van der Waals surface area contributed by atoms with E-state index in [9.17, 15) is 9.59 Å². The molecule has 0 saturated heterocycles. The number of fused-ring (bicyclic) bond motifs is 3. The number of halogens is 1. The van der Waals surface area contributed by atoms with Gasteiger partial charge in [-0.05, 0) is 68.2 Å². The normalized spacial score (nSPS) is 14.0. The van der Waals surface area contributed by atoms with E-state index in [1.165, 1.54) is 4.90 Å². The first kappa shape index (κ1) is 20.4. The second-order valence-electron chi connectivity index (χ2n) is 7.86. The molecule has 30 heavy (non-hydrogen) atoms. The van der Waals surface area contributed by atoms with Crippen molar-refractivity contribution < 1.29 is 9.59 Å². The smallest absolute Gasteiger partial charge is 0.260 e. The third kappa shape index (κ3) is 3.66. The van der Waals surface area contributed by atoms with Crippen molar-refractivity contribution in [2.45, 2.75) is 6.42 Å². The molecule has 1 heterocycles. The Bertz CT molecular complexity index is 1140. The topological polar surface area (TPSA) is 43.9 Å². The molecule has 0 N–H and O–H groups in total. The molecule has 0 aromatic heterocycles. The number of anilines is 2. The molecule has 5 nitrogen and oxygen atoms in total. The molecule has 0 unspecified atom stereocenters. The highest BCUT2D eigenvalue weighted by molar-refractivity contribution is 6.31. The second-order valence-corrected chi connectivity index (χ2v) is 8.29. The number of hydrogen-bond acceptors (Lipinski definition) is 3. The van der Waals surface area contributed by atoms with Crippen molar-refractivity contribution in [1.29, 1.82) is 0 Å². The van der Waals surface area contributed by atoms with Crippen LogP contribution in [0.5, 0.6) is 0 Å². The fourth-order valence-electron chi connectivity index (χ4n) is 3.91. The third-order valence-corrected chi connectivity index (χ3v) is 5.71. The van der Waals surface area contributed by atoms with Gasteiger partial charge in [0.05, 0.1) is 22.5 Å². The second kappa shape index (κ2) is 8.09. The van der Waals surface area contributed by atoms with E-state index in [2.05, 4.69) is 4.90 Å². The van der Waals surface area contributed by atoms with Crippen molar-refractivity contribution in [2.24, 2.45) is 0 Å². The Labute approximate surface area is 181 Å². The van der Waals surface area contributed by atoms with Crippen molar-refractivity contribution in [3.05, 3.63) is 70.7 Å². The van der Waals surface area contributed by atoms with Crippen LogP contribution in [0, 0.1) is 0 Å². The molecular formula is C24H24ClN3O2. The summed E-state index contributed by atoms with van der Waals surface area (Å²) in [6.45, 7) is 1.34. The Morgan fingerprint density at radius 3 is 2.23 bits per heavy atom. The summed E-state index contributed by atoms with van der Waals surface area (Å²) in [6.07, 6.45) is 0.783. The summed E-state index contributed by atoms with van der Waals surface area (Å²) in [7, 11) is 5.71. The van der Waals surface area contributed by atoms with Gasteiger partial charge >= 0.3 is 0 Å². The molecule has 2 amide bonds. The van der Waals surface area contributed by atoms with Gasteiger partial charge in [-0.25, -0.2) is 0 Å². The summed E-state index contributed by atoms with van der Waals surface area (Å²) in [4.78, 5) is 32.5. The lowest BCUT2D eigenvalue weighted by Gasteiger charge is -2.32. The van der Waals surface area contributed by atoms with Crippen LogP contribution in [0.1, 0.15) is 27.1 Å². The van der Waals surface area contributed by atoms with Crippen molar-refractivity contribution in [3.63, 3.8) is 0 Å². The SMILES string of the molecule is CN(C)CCCN1C(=O)c2cc(Cl)ccc2N(C)C(=O)c2cc3ccccc3cc21. The lowest BCUT2D eigenvalue weighted by molar-refractivity contribution is 0.0976. The van der Waals surface area contributed by atoms with Crippen LogP contribution in [0.2, 0.25) is 5.02 Å². The van der Waals surface area contributed by atoms with Crippen molar-refractivity contribution >= 4 is 45.6 Å². The van der Waals surface area contributed by atoms with Crippen LogP contribution in [0.4, 0.5) is 11.4 Å². The summed E-state index contributed by atoms with van der Waals surface area (Å²) in [5, 5.41) is 2.43. The molecule has 1 aliphatic heterocycles. The zero-order valence-corrected chi connectivity index (χ0v) is 18.1. The predicted octanol–water partition coefficient (Wildman–Crippen LogP) is 4.68. The maximum absolute atomic E-state index is 13.7. The fraction of sp³-hybridized carbons (Fsp3) is 0.250. The van der Waals surface area contributed by atoms with Gasteiger partial charge in [-0.3, -0.25) is 9.59 Å².